The Morgan fingerprint density at radius 3 is 3.21 bits per heavy atom. The zero-order chi connectivity index (χ0) is 9.38. The molecule has 72 valence electrons. The molecule has 0 fully saturated rings. The predicted molar refractivity (Wildman–Crippen MR) is 59.2 cm³/mol. The van der Waals surface area contributed by atoms with Gasteiger partial charge in [0.1, 0.15) is 5.75 Å². The molecular weight excluding hydrogens is 194 g/mol. The Morgan fingerprint density at radius 1 is 1.36 bits per heavy atom. The second-order valence-electron chi connectivity index (χ2n) is 3.44. The lowest BCUT2D eigenvalue weighted by Crippen LogP contribution is -2.05. The molecule has 0 unspecified atom stereocenters. The van der Waals surface area contributed by atoms with Crippen molar-refractivity contribution in [3.63, 3.8) is 0 Å². The van der Waals surface area contributed by atoms with Crippen molar-refractivity contribution >= 4 is 17.5 Å². The molecule has 0 amide bonds. The van der Waals surface area contributed by atoms with Gasteiger partial charge in [-0.1, -0.05) is 0 Å². The van der Waals surface area contributed by atoms with Crippen LogP contribution in [0.5, 0.6) is 5.75 Å². The van der Waals surface area contributed by atoms with Crippen LogP contribution in [-0.4, -0.2) is 12.5 Å². The third-order valence-corrected chi connectivity index (χ3v) is 3.26. The van der Waals surface area contributed by atoms with Gasteiger partial charge in [-0.25, -0.2) is 0 Å². The van der Waals surface area contributed by atoms with E-state index in [-0.39, 0.29) is 0 Å². The summed E-state index contributed by atoms with van der Waals surface area (Å²) < 4.78 is 5.47. The van der Waals surface area contributed by atoms with Crippen LogP contribution in [-0.2, 0) is 6.42 Å². The maximum atomic E-state index is 5.47. The zero-order valence-electron chi connectivity index (χ0n) is 7.75. The van der Waals surface area contributed by atoms with Gasteiger partial charge < -0.3 is 10.1 Å². The van der Waals surface area contributed by atoms with Crippen molar-refractivity contribution in [3.05, 3.63) is 34.7 Å². The van der Waals surface area contributed by atoms with Gasteiger partial charge in [0.15, 0.2) is 0 Å². The Hall–Kier alpha value is -1.09. The molecule has 14 heavy (non-hydrogen) atoms. The number of benzene rings is 1. The summed E-state index contributed by atoms with van der Waals surface area (Å²) in [6.07, 6.45) is 1.05. The lowest BCUT2D eigenvalue weighted by molar-refractivity contribution is 0.357. The molecule has 0 aromatic heterocycles. The topological polar surface area (TPSA) is 21.3 Å². The summed E-state index contributed by atoms with van der Waals surface area (Å²) in [5.41, 5.74) is 3.85. The highest BCUT2D eigenvalue weighted by Gasteiger charge is 2.14. The highest BCUT2D eigenvalue weighted by atomic mass is 32.2. The van der Waals surface area contributed by atoms with Crippen molar-refractivity contribution in [2.45, 2.75) is 6.42 Å². The lowest BCUT2D eigenvalue weighted by atomic mass is 10.1. The zero-order valence-corrected chi connectivity index (χ0v) is 8.56. The summed E-state index contributed by atoms with van der Waals surface area (Å²) in [6, 6.07) is 6.42. The summed E-state index contributed by atoms with van der Waals surface area (Å²) in [5, 5.41) is 5.53. The van der Waals surface area contributed by atoms with Crippen molar-refractivity contribution in [2.24, 2.45) is 0 Å². The fourth-order valence-corrected chi connectivity index (χ4v) is 2.52. The van der Waals surface area contributed by atoms with E-state index in [1.807, 2.05) is 0 Å². The molecule has 0 atom stereocenters. The van der Waals surface area contributed by atoms with E-state index in [1.54, 1.807) is 11.8 Å². The van der Waals surface area contributed by atoms with Gasteiger partial charge in [-0.3, -0.25) is 0 Å². The second kappa shape index (κ2) is 3.24. The van der Waals surface area contributed by atoms with Crippen LogP contribution in [0.2, 0.25) is 0 Å². The number of thioether (sulfide) groups is 1. The Kier molecular flexibility index (Phi) is 1.91. The van der Waals surface area contributed by atoms with E-state index in [0.717, 1.165) is 24.7 Å². The van der Waals surface area contributed by atoms with Crippen LogP contribution in [0.15, 0.2) is 23.6 Å². The number of rotatable bonds is 1. The van der Waals surface area contributed by atoms with Crippen LogP contribution in [0.1, 0.15) is 11.1 Å². The second-order valence-corrected chi connectivity index (χ2v) is 4.30. The summed E-state index contributed by atoms with van der Waals surface area (Å²) >= 11 is 1.81. The van der Waals surface area contributed by atoms with E-state index in [2.05, 4.69) is 28.9 Å². The normalized spacial score (nSPS) is 18.4. The number of fused-ring (bicyclic) bond motifs is 1. The van der Waals surface area contributed by atoms with Crippen molar-refractivity contribution in [3.8, 4) is 5.75 Å². The van der Waals surface area contributed by atoms with Crippen molar-refractivity contribution in [1.82, 2.24) is 5.32 Å². The van der Waals surface area contributed by atoms with Crippen molar-refractivity contribution < 1.29 is 4.74 Å². The summed E-state index contributed by atoms with van der Waals surface area (Å²) in [6.45, 7) is 0.833. The molecule has 0 saturated carbocycles. The smallest absolute Gasteiger partial charge is 0.122 e. The maximum absolute atomic E-state index is 5.47. The van der Waals surface area contributed by atoms with E-state index in [1.165, 1.54) is 16.8 Å². The largest absolute Gasteiger partial charge is 0.493 e. The first-order valence-corrected chi connectivity index (χ1v) is 5.80. The quantitative estimate of drug-likeness (QED) is 0.759. The molecule has 2 aliphatic rings. The summed E-state index contributed by atoms with van der Waals surface area (Å²) in [5.74, 6) is 2.04. The van der Waals surface area contributed by atoms with Gasteiger partial charge in [0.05, 0.1) is 12.5 Å². The van der Waals surface area contributed by atoms with Crippen molar-refractivity contribution in [1.29, 1.82) is 0 Å². The molecule has 1 aromatic rings. The molecule has 2 nitrogen and oxygen atoms in total. The highest BCUT2D eigenvalue weighted by molar-refractivity contribution is 8.02. The number of nitrogens with one attached hydrogen (secondary N) is 1. The molecule has 0 spiro atoms. The van der Waals surface area contributed by atoms with Crippen LogP contribution in [0.3, 0.4) is 0 Å². The number of ether oxygens (including phenoxy) is 1. The molecule has 1 aromatic carbocycles. The lowest BCUT2D eigenvalue weighted by Gasteiger charge is -2.05. The van der Waals surface area contributed by atoms with E-state index in [9.17, 15) is 0 Å². The molecule has 0 radical (unpaired) electrons. The van der Waals surface area contributed by atoms with E-state index >= 15 is 0 Å². The minimum atomic E-state index is 0.833. The minimum absolute atomic E-state index is 0.833. The fraction of sp³-hybridized carbons (Fsp3) is 0.273. The Balaban J connectivity index is 2.00. The van der Waals surface area contributed by atoms with Gasteiger partial charge in [-0.15, -0.1) is 11.8 Å². The van der Waals surface area contributed by atoms with E-state index in [4.69, 9.17) is 4.74 Å². The molecule has 3 heteroatoms. The van der Waals surface area contributed by atoms with E-state index in [0.29, 0.717) is 0 Å². The van der Waals surface area contributed by atoms with E-state index < -0.39 is 0 Å². The summed E-state index contributed by atoms with van der Waals surface area (Å²) in [4.78, 5) is 0. The molecule has 3 rings (SSSR count). The molecular formula is C11H11NOS. The SMILES string of the molecule is C1=C(c2ccc3c(c2)CCO3)NCS1. The Bertz CT molecular complexity index is 400. The molecule has 0 saturated heterocycles. The third kappa shape index (κ3) is 1.28. The van der Waals surface area contributed by atoms with Crippen molar-refractivity contribution in [2.75, 3.05) is 12.5 Å². The van der Waals surface area contributed by atoms with Gasteiger partial charge in [0, 0.05) is 12.1 Å². The first kappa shape index (κ1) is 8.24. The predicted octanol–water partition coefficient (Wildman–Crippen LogP) is 2.21. The standard InChI is InChI=1S/C11H11NOS/c1-2-11-9(3-4-13-11)5-8(1)10-6-14-7-12-10/h1-2,5-6,12H,3-4,7H2. The molecule has 2 heterocycles. The van der Waals surface area contributed by atoms with Crippen LogP contribution >= 0.6 is 11.8 Å². The average Bonchev–Trinajstić information content (AvgIpc) is 2.88. The first-order valence-electron chi connectivity index (χ1n) is 4.75. The molecule has 2 aliphatic heterocycles. The first-order chi connectivity index (χ1) is 6.93. The molecule has 1 N–H and O–H groups in total. The minimum Gasteiger partial charge on any atom is -0.493 e. The van der Waals surface area contributed by atoms with Crippen LogP contribution in [0, 0.1) is 0 Å². The average molecular weight is 205 g/mol. The van der Waals surface area contributed by atoms with Gasteiger partial charge >= 0.3 is 0 Å². The van der Waals surface area contributed by atoms with Gasteiger partial charge in [0.25, 0.3) is 0 Å². The van der Waals surface area contributed by atoms with Gasteiger partial charge in [0.2, 0.25) is 0 Å². The Morgan fingerprint density at radius 2 is 2.36 bits per heavy atom. The van der Waals surface area contributed by atoms with Crippen LogP contribution < -0.4 is 10.1 Å². The maximum Gasteiger partial charge on any atom is 0.122 e. The number of hydrogen-bond donors (Lipinski definition) is 1. The van der Waals surface area contributed by atoms with Gasteiger partial charge in [-0.05, 0) is 34.7 Å². The molecule has 0 bridgehead atoms. The molecule has 0 aliphatic carbocycles. The fourth-order valence-electron chi connectivity index (χ4n) is 1.81. The van der Waals surface area contributed by atoms with Gasteiger partial charge in [-0.2, -0.15) is 0 Å². The number of hydrogen-bond acceptors (Lipinski definition) is 3. The highest BCUT2D eigenvalue weighted by Crippen LogP contribution is 2.29. The summed E-state index contributed by atoms with van der Waals surface area (Å²) in [7, 11) is 0. The third-order valence-electron chi connectivity index (χ3n) is 2.55. The monoisotopic (exact) mass is 205 g/mol. The van der Waals surface area contributed by atoms with Crippen LogP contribution in [0.25, 0.3) is 5.70 Å². The van der Waals surface area contributed by atoms with Crippen LogP contribution in [0.4, 0.5) is 0 Å². The Labute approximate surface area is 87.3 Å².